The molecule has 1 aromatic heterocycles. The van der Waals surface area contributed by atoms with Crippen molar-refractivity contribution in [2.45, 2.75) is 64.7 Å². The molecule has 0 bridgehead atoms. The third-order valence-corrected chi connectivity index (χ3v) is 3.32. The summed E-state index contributed by atoms with van der Waals surface area (Å²) in [6.45, 7) is 4.44. The first-order valence-corrected chi connectivity index (χ1v) is 6.93. The first kappa shape index (κ1) is 14.0. The van der Waals surface area contributed by atoms with Crippen LogP contribution >= 0.6 is 0 Å². The normalized spacial score (nSPS) is 12.6. The molecular formula is C15H25NO. The molecule has 2 nitrogen and oxygen atoms in total. The molecule has 0 aliphatic heterocycles. The van der Waals surface area contributed by atoms with Crippen LogP contribution in [0.2, 0.25) is 0 Å². The summed E-state index contributed by atoms with van der Waals surface area (Å²) >= 11 is 0. The maximum atomic E-state index is 9.83. The van der Waals surface area contributed by atoms with Crippen LogP contribution in [0.1, 0.15) is 70.3 Å². The van der Waals surface area contributed by atoms with Crippen molar-refractivity contribution in [3.05, 3.63) is 23.9 Å². The zero-order chi connectivity index (χ0) is 12.5. The Hall–Kier alpha value is -1.05. The van der Waals surface area contributed by atoms with Gasteiger partial charge >= 0.3 is 0 Å². The fourth-order valence-electron chi connectivity index (χ4n) is 2.27. The maximum absolute atomic E-state index is 9.83. The Labute approximate surface area is 105 Å². The van der Waals surface area contributed by atoms with Gasteiger partial charge in [-0.25, -0.2) is 4.98 Å². The minimum atomic E-state index is 0.227. The number of aromatic nitrogens is 1. The zero-order valence-electron chi connectivity index (χ0n) is 11.2. The average Bonchev–Trinajstić information content (AvgIpc) is 2.35. The van der Waals surface area contributed by atoms with Crippen LogP contribution in [0.25, 0.3) is 0 Å². The lowest BCUT2D eigenvalue weighted by molar-refractivity contribution is 0.425. The molecule has 0 aliphatic carbocycles. The monoisotopic (exact) mass is 235 g/mol. The lowest BCUT2D eigenvalue weighted by atomic mass is 9.89. The number of aromatic hydroxyl groups is 1. The van der Waals surface area contributed by atoms with E-state index in [1.165, 1.54) is 44.9 Å². The summed E-state index contributed by atoms with van der Waals surface area (Å²) in [6, 6.07) is 3.95. The van der Waals surface area contributed by atoms with Crippen LogP contribution in [0.3, 0.4) is 0 Å². The molecule has 0 fully saturated rings. The van der Waals surface area contributed by atoms with Gasteiger partial charge in [0, 0.05) is 11.8 Å². The van der Waals surface area contributed by atoms with Crippen LogP contribution in [0.15, 0.2) is 18.3 Å². The van der Waals surface area contributed by atoms with E-state index < -0.39 is 0 Å². The maximum Gasteiger partial charge on any atom is 0.214 e. The molecule has 0 saturated carbocycles. The van der Waals surface area contributed by atoms with Crippen molar-refractivity contribution in [2.24, 2.45) is 0 Å². The molecule has 0 aromatic carbocycles. The smallest absolute Gasteiger partial charge is 0.214 e. The standard InChI is InChI=1S/C15H25NO/c1-3-5-7-10-13(9-6-4-2)14-11-8-12-16-15(14)17/h8,11-13H,3-7,9-10H2,1-2H3,(H,16,17). The summed E-state index contributed by atoms with van der Waals surface area (Å²) in [4.78, 5) is 3.99. The fourth-order valence-corrected chi connectivity index (χ4v) is 2.27. The van der Waals surface area contributed by atoms with Gasteiger partial charge in [0.05, 0.1) is 0 Å². The third-order valence-electron chi connectivity index (χ3n) is 3.32. The highest BCUT2D eigenvalue weighted by Crippen LogP contribution is 2.32. The number of hydrogen-bond acceptors (Lipinski definition) is 2. The molecule has 17 heavy (non-hydrogen) atoms. The predicted octanol–water partition coefficient (Wildman–Crippen LogP) is 4.64. The Morgan fingerprint density at radius 2 is 1.82 bits per heavy atom. The minimum Gasteiger partial charge on any atom is -0.493 e. The van der Waals surface area contributed by atoms with Crippen LogP contribution < -0.4 is 0 Å². The summed E-state index contributed by atoms with van der Waals surface area (Å²) in [5.41, 5.74) is 1.04. The Kier molecular flexibility index (Phi) is 6.68. The molecule has 1 atom stereocenters. The molecule has 2 heteroatoms. The second-order valence-corrected chi connectivity index (χ2v) is 4.75. The molecule has 0 amide bonds. The van der Waals surface area contributed by atoms with E-state index in [1.807, 2.05) is 12.1 Å². The van der Waals surface area contributed by atoms with Crippen molar-refractivity contribution < 1.29 is 5.11 Å². The number of nitrogens with zero attached hydrogens (tertiary/aromatic N) is 1. The van der Waals surface area contributed by atoms with E-state index in [9.17, 15) is 5.11 Å². The number of rotatable bonds is 8. The fraction of sp³-hybridized carbons (Fsp3) is 0.667. The molecule has 0 spiro atoms. The van der Waals surface area contributed by atoms with Crippen molar-refractivity contribution in [1.82, 2.24) is 4.98 Å². The lowest BCUT2D eigenvalue weighted by Gasteiger charge is -2.17. The molecule has 1 aromatic rings. The van der Waals surface area contributed by atoms with Crippen molar-refractivity contribution in [2.75, 3.05) is 0 Å². The zero-order valence-corrected chi connectivity index (χ0v) is 11.2. The van der Waals surface area contributed by atoms with Gasteiger partial charge in [0.25, 0.3) is 0 Å². The van der Waals surface area contributed by atoms with Crippen LogP contribution in [0, 0.1) is 0 Å². The van der Waals surface area contributed by atoms with Gasteiger partial charge in [0.2, 0.25) is 5.88 Å². The van der Waals surface area contributed by atoms with Crippen molar-refractivity contribution in [3.8, 4) is 5.88 Å². The van der Waals surface area contributed by atoms with E-state index in [1.54, 1.807) is 6.20 Å². The van der Waals surface area contributed by atoms with E-state index >= 15 is 0 Å². The Balaban J connectivity index is 2.64. The largest absolute Gasteiger partial charge is 0.493 e. The summed E-state index contributed by atoms with van der Waals surface area (Å²) in [6.07, 6.45) is 10.2. The first-order valence-electron chi connectivity index (χ1n) is 6.93. The molecular weight excluding hydrogens is 210 g/mol. The van der Waals surface area contributed by atoms with E-state index in [-0.39, 0.29) is 5.88 Å². The van der Waals surface area contributed by atoms with Gasteiger partial charge < -0.3 is 5.11 Å². The molecule has 0 aliphatic rings. The lowest BCUT2D eigenvalue weighted by Crippen LogP contribution is -2.00. The molecule has 96 valence electrons. The van der Waals surface area contributed by atoms with Gasteiger partial charge in [-0.15, -0.1) is 0 Å². The Bertz CT molecular complexity index is 312. The number of unbranched alkanes of at least 4 members (excludes halogenated alkanes) is 3. The third kappa shape index (κ3) is 4.76. The van der Waals surface area contributed by atoms with E-state index in [0.29, 0.717) is 5.92 Å². The van der Waals surface area contributed by atoms with Gasteiger partial charge in [0.1, 0.15) is 0 Å². The second kappa shape index (κ2) is 8.10. The molecule has 0 saturated heterocycles. The Morgan fingerprint density at radius 1 is 1.12 bits per heavy atom. The van der Waals surface area contributed by atoms with Gasteiger partial charge in [-0.3, -0.25) is 0 Å². The highest BCUT2D eigenvalue weighted by Gasteiger charge is 2.14. The molecule has 0 radical (unpaired) electrons. The first-order chi connectivity index (χ1) is 8.29. The average molecular weight is 235 g/mol. The summed E-state index contributed by atoms with van der Waals surface area (Å²) < 4.78 is 0. The Morgan fingerprint density at radius 3 is 2.47 bits per heavy atom. The summed E-state index contributed by atoms with van der Waals surface area (Å²) in [5, 5.41) is 9.83. The topological polar surface area (TPSA) is 33.1 Å². The van der Waals surface area contributed by atoms with Crippen molar-refractivity contribution in [1.29, 1.82) is 0 Å². The SMILES string of the molecule is CCCCCC(CCCC)c1cccnc1O. The van der Waals surface area contributed by atoms with Crippen LogP contribution in [-0.4, -0.2) is 10.1 Å². The van der Waals surface area contributed by atoms with Crippen LogP contribution in [-0.2, 0) is 0 Å². The predicted molar refractivity (Wildman–Crippen MR) is 72.3 cm³/mol. The highest BCUT2D eigenvalue weighted by atomic mass is 16.3. The minimum absolute atomic E-state index is 0.227. The second-order valence-electron chi connectivity index (χ2n) is 4.75. The number of pyridine rings is 1. The van der Waals surface area contributed by atoms with Crippen LogP contribution in [0.5, 0.6) is 5.88 Å². The van der Waals surface area contributed by atoms with Gasteiger partial charge in [0.15, 0.2) is 0 Å². The van der Waals surface area contributed by atoms with Gasteiger partial charge in [-0.2, -0.15) is 0 Å². The molecule has 1 N–H and O–H groups in total. The van der Waals surface area contributed by atoms with Crippen molar-refractivity contribution in [3.63, 3.8) is 0 Å². The molecule has 1 heterocycles. The van der Waals surface area contributed by atoms with Gasteiger partial charge in [-0.05, 0) is 24.8 Å². The van der Waals surface area contributed by atoms with Crippen LogP contribution in [0.4, 0.5) is 0 Å². The van der Waals surface area contributed by atoms with E-state index in [2.05, 4.69) is 18.8 Å². The molecule has 1 unspecified atom stereocenters. The molecule has 1 rings (SSSR count). The van der Waals surface area contributed by atoms with Crippen molar-refractivity contribution >= 4 is 0 Å². The quantitative estimate of drug-likeness (QED) is 0.666. The van der Waals surface area contributed by atoms with Gasteiger partial charge in [-0.1, -0.05) is 52.0 Å². The van der Waals surface area contributed by atoms with E-state index in [0.717, 1.165) is 5.56 Å². The van der Waals surface area contributed by atoms with E-state index in [4.69, 9.17) is 0 Å². The summed E-state index contributed by atoms with van der Waals surface area (Å²) in [5.74, 6) is 0.709. The highest BCUT2D eigenvalue weighted by molar-refractivity contribution is 5.27. The summed E-state index contributed by atoms with van der Waals surface area (Å²) in [7, 11) is 0. The number of hydrogen-bond donors (Lipinski definition) is 1.